The first-order valence-electron chi connectivity index (χ1n) is 10.6. The first-order valence-corrected chi connectivity index (χ1v) is 12.5. The van der Waals surface area contributed by atoms with Crippen molar-refractivity contribution < 1.29 is 4.55 Å². The molecule has 0 saturated carbocycles. The fraction of sp³-hybridized carbons (Fsp3) is 0.333. The van der Waals surface area contributed by atoms with E-state index in [1.54, 1.807) is 6.20 Å². The highest BCUT2D eigenvalue weighted by Gasteiger charge is 2.36. The van der Waals surface area contributed by atoms with E-state index in [0.29, 0.717) is 6.42 Å². The van der Waals surface area contributed by atoms with Crippen molar-refractivity contribution in [3.63, 3.8) is 0 Å². The Balaban J connectivity index is 1.78. The Kier molecular flexibility index (Phi) is 6.49. The lowest BCUT2D eigenvalue weighted by molar-refractivity contribution is 0.389. The lowest BCUT2D eigenvalue weighted by atomic mass is 9.89. The lowest BCUT2D eigenvalue weighted by Crippen LogP contribution is -2.47. The molecule has 1 aliphatic rings. The van der Waals surface area contributed by atoms with E-state index in [1.807, 2.05) is 80.2 Å². The minimum Gasteiger partial charge on any atom is -0.598 e. The van der Waals surface area contributed by atoms with Gasteiger partial charge in [0, 0.05) is 22.9 Å². The molecule has 1 unspecified atom stereocenters. The van der Waals surface area contributed by atoms with Crippen molar-refractivity contribution >= 4 is 38.2 Å². The smallest absolute Gasteiger partial charge is 0.136 e. The van der Waals surface area contributed by atoms with Crippen molar-refractivity contribution in [1.82, 2.24) is 24.8 Å². The van der Waals surface area contributed by atoms with E-state index in [2.05, 4.69) is 44.1 Å². The van der Waals surface area contributed by atoms with Gasteiger partial charge >= 0.3 is 0 Å². The average molecular weight is 514 g/mol. The van der Waals surface area contributed by atoms with Crippen LogP contribution in [0.3, 0.4) is 0 Å². The summed E-state index contributed by atoms with van der Waals surface area (Å²) >= 11 is 2.28. The van der Waals surface area contributed by atoms with Gasteiger partial charge < -0.3 is 9.87 Å². The van der Waals surface area contributed by atoms with Crippen LogP contribution in [0.1, 0.15) is 45.9 Å². The van der Waals surface area contributed by atoms with E-state index < -0.39 is 16.1 Å². The maximum atomic E-state index is 13.2. The Labute approximate surface area is 200 Å². The minimum absolute atomic E-state index is 0.283. The summed E-state index contributed by atoms with van der Waals surface area (Å²) in [4.78, 5) is 4.76. The van der Waals surface area contributed by atoms with Crippen molar-refractivity contribution in [2.45, 2.75) is 50.4 Å². The van der Waals surface area contributed by atoms with Gasteiger partial charge in [-0.3, -0.25) is 4.98 Å². The third kappa shape index (κ3) is 4.93. The van der Waals surface area contributed by atoms with Gasteiger partial charge in [-0.05, 0) is 74.3 Å². The molecule has 0 radical (unpaired) electrons. The maximum absolute atomic E-state index is 13.2. The number of allylic oxidation sites excluding steroid dienone is 2. The Bertz CT molecular complexity index is 1170. The van der Waals surface area contributed by atoms with Crippen LogP contribution in [0.2, 0.25) is 0 Å². The molecule has 168 valence electrons. The molecular weight excluding hydrogens is 486 g/mol. The molecule has 3 atom stereocenters. The predicted octanol–water partition coefficient (Wildman–Crippen LogP) is 5.06. The van der Waals surface area contributed by atoms with Crippen LogP contribution in [0, 0.1) is 0 Å². The van der Waals surface area contributed by atoms with Crippen LogP contribution in [-0.2, 0) is 11.4 Å². The molecule has 0 spiro atoms. The summed E-state index contributed by atoms with van der Waals surface area (Å²) in [5.74, 6) is 0. The largest absolute Gasteiger partial charge is 0.598 e. The molecule has 8 heteroatoms. The topological polar surface area (TPSA) is 77.8 Å². The molecule has 0 fully saturated rings. The highest BCUT2D eigenvalue weighted by atomic mass is 79.9. The standard InChI is InChI=1S/C24H28BrN5OS/c1-23(2,3)32(31)29-18(15-24(4)13-7-12-21(25)28-24)22-20(11-8-14-26-22)30-19-10-6-5-9-17(19)16-27-30/h5-14,16,18,28-29H,15H2,1-4H3/t18-,24?,32-/m0/s1. The zero-order valence-electron chi connectivity index (χ0n) is 18.7. The van der Waals surface area contributed by atoms with Gasteiger partial charge in [0.2, 0.25) is 0 Å². The van der Waals surface area contributed by atoms with Crippen LogP contribution in [0.5, 0.6) is 0 Å². The molecule has 3 aromatic rings. The minimum atomic E-state index is -1.28. The number of para-hydroxylation sites is 1. The molecular formula is C24H28BrN5OS. The first kappa shape index (κ1) is 23.0. The number of hydrogen-bond acceptors (Lipinski definition) is 5. The molecule has 2 N–H and O–H groups in total. The second kappa shape index (κ2) is 9.02. The predicted molar refractivity (Wildman–Crippen MR) is 135 cm³/mol. The number of pyridine rings is 1. The second-order valence-electron chi connectivity index (χ2n) is 9.19. The van der Waals surface area contributed by atoms with E-state index in [9.17, 15) is 4.55 Å². The van der Waals surface area contributed by atoms with Crippen LogP contribution in [0.15, 0.2) is 71.6 Å². The number of hydrogen-bond donors (Lipinski definition) is 2. The monoisotopic (exact) mass is 513 g/mol. The van der Waals surface area contributed by atoms with Gasteiger partial charge in [0.1, 0.15) is 4.75 Å². The van der Waals surface area contributed by atoms with Crippen LogP contribution >= 0.6 is 15.9 Å². The average Bonchev–Trinajstić information content (AvgIpc) is 3.16. The van der Waals surface area contributed by atoms with Crippen molar-refractivity contribution in [1.29, 1.82) is 0 Å². The lowest BCUT2D eigenvalue weighted by Gasteiger charge is -2.36. The van der Waals surface area contributed by atoms with Gasteiger partial charge in [-0.2, -0.15) is 5.10 Å². The second-order valence-corrected chi connectivity index (χ2v) is 12.0. The molecule has 6 nitrogen and oxygen atoms in total. The van der Waals surface area contributed by atoms with Crippen molar-refractivity contribution in [3.05, 3.63) is 77.3 Å². The van der Waals surface area contributed by atoms with Crippen LogP contribution in [-0.4, -0.2) is 29.6 Å². The summed E-state index contributed by atoms with van der Waals surface area (Å²) in [5, 5.41) is 9.19. The number of halogens is 1. The van der Waals surface area contributed by atoms with Crippen LogP contribution in [0.4, 0.5) is 0 Å². The number of aromatic nitrogens is 3. The van der Waals surface area contributed by atoms with Crippen molar-refractivity contribution in [2.75, 3.05) is 0 Å². The van der Waals surface area contributed by atoms with Gasteiger partial charge in [-0.1, -0.05) is 30.4 Å². The quantitative estimate of drug-likeness (QED) is 0.355. The van der Waals surface area contributed by atoms with Gasteiger partial charge in [0.05, 0.1) is 39.3 Å². The number of nitrogens with one attached hydrogen (secondary N) is 2. The number of dihydropyridines is 1. The maximum Gasteiger partial charge on any atom is 0.136 e. The number of rotatable bonds is 6. The van der Waals surface area contributed by atoms with E-state index in [1.165, 1.54) is 0 Å². The Morgan fingerprint density at radius 3 is 2.78 bits per heavy atom. The molecule has 0 amide bonds. The number of fused-ring (bicyclic) bond motifs is 1. The molecule has 0 saturated heterocycles. The zero-order valence-corrected chi connectivity index (χ0v) is 21.1. The fourth-order valence-corrected chi connectivity index (χ4v) is 5.18. The summed E-state index contributed by atoms with van der Waals surface area (Å²) in [5.41, 5.74) is 2.33. The van der Waals surface area contributed by atoms with Gasteiger partial charge in [0.25, 0.3) is 0 Å². The highest BCUT2D eigenvalue weighted by molar-refractivity contribution is 9.11. The van der Waals surface area contributed by atoms with E-state index in [0.717, 1.165) is 26.9 Å². The molecule has 3 heterocycles. The summed E-state index contributed by atoms with van der Waals surface area (Å²) in [7, 11) is 0. The Morgan fingerprint density at radius 2 is 2.03 bits per heavy atom. The Hall–Kier alpha value is -2.13. The summed E-state index contributed by atoms with van der Waals surface area (Å²) in [6.45, 7) is 8.02. The zero-order chi connectivity index (χ0) is 22.9. The van der Waals surface area contributed by atoms with Gasteiger partial charge in [-0.15, -0.1) is 4.72 Å². The van der Waals surface area contributed by atoms with E-state index >= 15 is 0 Å². The van der Waals surface area contributed by atoms with E-state index in [4.69, 9.17) is 4.98 Å². The molecule has 1 aromatic carbocycles. The molecule has 32 heavy (non-hydrogen) atoms. The SMILES string of the molecule is CC1(C[C@H](N[S@@+]([O-])C(C)(C)C)c2ncccc2-n2ncc3ccccc32)C=CC=C(Br)N1. The van der Waals surface area contributed by atoms with Crippen LogP contribution < -0.4 is 10.0 Å². The first-order chi connectivity index (χ1) is 15.2. The van der Waals surface area contributed by atoms with E-state index in [-0.39, 0.29) is 11.6 Å². The molecule has 2 aromatic heterocycles. The summed E-state index contributed by atoms with van der Waals surface area (Å²) in [6.07, 6.45) is 10.4. The third-order valence-corrected chi connectivity index (χ3v) is 7.47. The molecule has 4 rings (SSSR count). The summed E-state index contributed by atoms with van der Waals surface area (Å²) in [6, 6.07) is 11.7. The van der Waals surface area contributed by atoms with Gasteiger partial charge in [0.15, 0.2) is 0 Å². The molecule has 1 aliphatic heterocycles. The highest BCUT2D eigenvalue weighted by Crippen LogP contribution is 2.33. The Morgan fingerprint density at radius 1 is 1.25 bits per heavy atom. The molecule has 0 bridgehead atoms. The number of nitrogens with zero attached hydrogens (tertiary/aromatic N) is 3. The summed E-state index contributed by atoms with van der Waals surface area (Å²) < 4.78 is 18.9. The number of benzene rings is 1. The van der Waals surface area contributed by atoms with Gasteiger partial charge in [-0.25, -0.2) is 4.68 Å². The van der Waals surface area contributed by atoms with Crippen molar-refractivity contribution in [3.8, 4) is 5.69 Å². The molecule has 0 aliphatic carbocycles. The normalized spacial score (nSPS) is 20.6. The fourth-order valence-electron chi connectivity index (χ4n) is 3.76. The third-order valence-electron chi connectivity index (χ3n) is 5.40. The van der Waals surface area contributed by atoms with Crippen molar-refractivity contribution in [2.24, 2.45) is 0 Å². The van der Waals surface area contributed by atoms with Crippen LogP contribution in [0.25, 0.3) is 16.6 Å².